The topological polar surface area (TPSA) is 66.4 Å². The third-order valence-corrected chi connectivity index (χ3v) is 3.98. The third-order valence-electron chi connectivity index (χ3n) is 3.98. The van der Waals surface area contributed by atoms with Gasteiger partial charge in [-0.2, -0.15) is 0 Å². The van der Waals surface area contributed by atoms with Gasteiger partial charge in [0, 0.05) is 12.5 Å². The molecule has 1 fully saturated rings. The number of carboxylic acids is 1. The van der Waals surface area contributed by atoms with E-state index in [4.69, 9.17) is 5.11 Å². The number of hydrogen-bond acceptors (Lipinski definition) is 2. The van der Waals surface area contributed by atoms with Gasteiger partial charge in [0.1, 0.15) is 0 Å². The quantitative estimate of drug-likeness (QED) is 0.742. The Kier molecular flexibility index (Phi) is 6.16. The normalized spacial score (nSPS) is 20.8. The van der Waals surface area contributed by atoms with Crippen molar-refractivity contribution in [3.8, 4) is 0 Å². The van der Waals surface area contributed by atoms with E-state index in [-0.39, 0.29) is 11.9 Å². The SMILES string of the molecule is CC(NC(=O)CC1CCCCCC1)C(C)C(=O)O. The van der Waals surface area contributed by atoms with E-state index in [1.54, 1.807) is 13.8 Å². The molecule has 4 nitrogen and oxygen atoms in total. The molecular formula is C14H25NO3. The van der Waals surface area contributed by atoms with Gasteiger partial charge < -0.3 is 10.4 Å². The smallest absolute Gasteiger partial charge is 0.308 e. The van der Waals surface area contributed by atoms with Crippen LogP contribution in [0.3, 0.4) is 0 Å². The zero-order valence-corrected chi connectivity index (χ0v) is 11.4. The fourth-order valence-corrected chi connectivity index (χ4v) is 2.48. The molecule has 1 aliphatic rings. The Labute approximate surface area is 109 Å². The molecule has 0 saturated heterocycles. The van der Waals surface area contributed by atoms with Gasteiger partial charge in [-0.3, -0.25) is 9.59 Å². The van der Waals surface area contributed by atoms with E-state index in [1.165, 1.54) is 25.7 Å². The lowest BCUT2D eigenvalue weighted by Gasteiger charge is -2.20. The van der Waals surface area contributed by atoms with E-state index in [0.717, 1.165) is 12.8 Å². The molecule has 0 aromatic heterocycles. The van der Waals surface area contributed by atoms with Gasteiger partial charge in [0.2, 0.25) is 5.91 Å². The lowest BCUT2D eigenvalue weighted by atomic mass is 9.95. The van der Waals surface area contributed by atoms with Gasteiger partial charge in [0.25, 0.3) is 0 Å². The average Bonchev–Trinajstić information content (AvgIpc) is 2.56. The van der Waals surface area contributed by atoms with Crippen molar-refractivity contribution in [3.05, 3.63) is 0 Å². The molecule has 1 aliphatic carbocycles. The molecule has 0 aromatic rings. The predicted molar refractivity (Wildman–Crippen MR) is 70.2 cm³/mol. The first-order chi connectivity index (χ1) is 8.50. The Morgan fingerprint density at radius 1 is 1.17 bits per heavy atom. The lowest BCUT2D eigenvalue weighted by molar-refractivity contribution is -0.142. The van der Waals surface area contributed by atoms with Gasteiger partial charge in [-0.15, -0.1) is 0 Å². The van der Waals surface area contributed by atoms with Crippen LogP contribution in [-0.2, 0) is 9.59 Å². The average molecular weight is 255 g/mol. The molecule has 0 heterocycles. The Bertz CT molecular complexity index is 283. The van der Waals surface area contributed by atoms with Crippen molar-refractivity contribution in [2.45, 2.75) is 64.8 Å². The molecule has 0 spiro atoms. The fourth-order valence-electron chi connectivity index (χ4n) is 2.48. The van der Waals surface area contributed by atoms with Gasteiger partial charge in [-0.1, -0.05) is 25.7 Å². The van der Waals surface area contributed by atoms with Crippen LogP contribution in [0.1, 0.15) is 58.8 Å². The second kappa shape index (κ2) is 7.39. The van der Waals surface area contributed by atoms with E-state index in [1.807, 2.05) is 0 Å². The van der Waals surface area contributed by atoms with Crippen molar-refractivity contribution in [2.24, 2.45) is 11.8 Å². The molecule has 1 saturated carbocycles. The van der Waals surface area contributed by atoms with Crippen LogP contribution in [0.15, 0.2) is 0 Å². The van der Waals surface area contributed by atoms with Gasteiger partial charge >= 0.3 is 5.97 Å². The Morgan fingerprint density at radius 2 is 1.72 bits per heavy atom. The summed E-state index contributed by atoms with van der Waals surface area (Å²) in [5.74, 6) is -0.914. The van der Waals surface area contributed by atoms with Crippen molar-refractivity contribution in [2.75, 3.05) is 0 Å². The van der Waals surface area contributed by atoms with Crippen LogP contribution < -0.4 is 5.32 Å². The second-order valence-corrected chi connectivity index (χ2v) is 5.54. The number of aliphatic carboxylic acids is 1. The molecule has 0 aliphatic heterocycles. The number of nitrogens with one attached hydrogen (secondary N) is 1. The molecular weight excluding hydrogens is 230 g/mol. The van der Waals surface area contributed by atoms with Crippen LogP contribution in [0.25, 0.3) is 0 Å². The number of carbonyl (C=O) groups excluding carboxylic acids is 1. The van der Waals surface area contributed by atoms with Crippen LogP contribution >= 0.6 is 0 Å². The Balaban J connectivity index is 2.33. The highest BCUT2D eigenvalue weighted by molar-refractivity contribution is 5.78. The molecule has 2 atom stereocenters. The summed E-state index contributed by atoms with van der Waals surface area (Å²) in [6.07, 6.45) is 7.83. The molecule has 104 valence electrons. The van der Waals surface area contributed by atoms with Crippen molar-refractivity contribution >= 4 is 11.9 Å². The summed E-state index contributed by atoms with van der Waals surface area (Å²) in [6, 6.07) is -0.305. The molecule has 2 unspecified atom stereocenters. The molecule has 2 N–H and O–H groups in total. The number of carboxylic acid groups (broad SMARTS) is 1. The summed E-state index contributed by atoms with van der Waals surface area (Å²) in [6.45, 7) is 3.38. The first-order valence-corrected chi connectivity index (χ1v) is 7.03. The van der Waals surface area contributed by atoms with Gasteiger partial charge in [0.05, 0.1) is 5.92 Å². The highest BCUT2D eigenvalue weighted by atomic mass is 16.4. The summed E-state index contributed by atoms with van der Waals surface area (Å²) in [5.41, 5.74) is 0. The molecule has 18 heavy (non-hydrogen) atoms. The van der Waals surface area contributed by atoms with E-state index in [0.29, 0.717) is 12.3 Å². The van der Waals surface area contributed by atoms with Crippen LogP contribution in [0.2, 0.25) is 0 Å². The molecule has 4 heteroatoms. The summed E-state index contributed by atoms with van der Waals surface area (Å²) in [7, 11) is 0. The summed E-state index contributed by atoms with van der Waals surface area (Å²) >= 11 is 0. The highest BCUT2D eigenvalue weighted by Gasteiger charge is 2.22. The van der Waals surface area contributed by atoms with Crippen molar-refractivity contribution < 1.29 is 14.7 Å². The third kappa shape index (κ3) is 5.07. The van der Waals surface area contributed by atoms with Crippen LogP contribution in [0.5, 0.6) is 0 Å². The molecule has 0 radical (unpaired) electrons. The van der Waals surface area contributed by atoms with E-state index >= 15 is 0 Å². The first kappa shape index (κ1) is 15.0. The molecule has 1 amide bonds. The highest BCUT2D eigenvalue weighted by Crippen LogP contribution is 2.25. The summed E-state index contributed by atoms with van der Waals surface area (Å²) in [4.78, 5) is 22.7. The Morgan fingerprint density at radius 3 is 2.22 bits per heavy atom. The van der Waals surface area contributed by atoms with Crippen molar-refractivity contribution in [1.29, 1.82) is 0 Å². The van der Waals surface area contributed by atoms with Crippen LogP contribution in [0, 0.1) is 11.8 Å². The van der Waals surface area contributed by atoms with Gasteiger partial charge in [-0.25, -0.2) is 0 Å². The number of amides is 1. The van der Waals surface area contributed by atoms with E-state index < -0.39 is 11.9 Å². The monoisotopic (exact) mass is 255 g/mol. The molecule has 0 aromatic carbocycles. The fraction of sp³-hybridized carbons (Fsp3) is 0.857. The minimum Gasteiger partial charge on any atom is -0.481 e. The lowest BCUT2D eigenvalue weighted by Crippen LogP contribution is -2.40. The van der Waals surface area contributed by atoms with Crippen molar-refractivity contribution in [1.82, 2.24) is 5.32 Å². The molecule has 0 bridgehead atoms. The minimum absolute atomic E-state index is 0.00231. The summed E-state index contributed by atoms with van der Waals surface area (Å²) in [5, 5.41) is 11.7. The standard InChI is InChI=1S/C14H25NO3/c1-10(14(17)18)11(2)15-13(16)9-12-7-5-3-4-6-8-12/h10-12H,3-9H2,1-2H3,(H,15,16)(H,17,18). The number of carbonyl (C=O) groups is 2. The van der Waals surface area contributed by atoms with Gasteiger partial charge in [0.15, 0.2) is 0 Å². The van der Waals surface area contributed by atoms with Crippen LogP contribution in [0.4, 0.5) is 0 Å². The largest absolute Gasteiger partial charge is 0.481 e. The number of hydrogen-bond donors (Lipinski definition) is 2. The zero-order valence-electron chi connectivity index (χ0n) is 11.4. The van der Waals surface area contributed by atoms with Gasteiger partial charge in [-0.05, 0) is 32.6 Å². The van der Waals surface area contributed by atoms with E-state index in [2.05, 4.69) is 5.32 Å². The van der Waals surface area contributed by atoms with Crippen molar-refractivity contribution in [3.63, 3.8) is 0 Å². The summed E-state index contributed by atoms with van der Waals surface area (Å²) < 4.78 is 0. The number of rotatable bonds is 5. The molecule has 1 rings (SSSR count). The maximum Gasteiger partial charge on any atom is 0.308 e. The zero-order chi connectivity index (χ0) is 13.5. The second-order valence-electron chi connectivity index (χ2n) is 5.54. The minimum atomic E-state index is -0.864. The first-order valence-electron chi connectivity index (χ1n) is 7.03. The Hall–Kier alpha value is -1.06. The maximum absolute atomic E-state index is 11.9. The predicted octanol–water partition coefficient (Wildman–Crippen LogP) is 2.57. The van der Waals surface area contributed by atoms with E-state index in [9.17, 15) is 9.59 Å². The van der Waals surface area contributed by atoms with Crippen LogP contribution in [-0.4, -0.2) is 23.0 Å². The maximum atomic E-state index is 11.9.